The van der Waals surface area contributed by atoms with Gasteiger partial charge in [0.1, 0.15) is 5.75 Å². The number of halogens is 1. The van der Waals surface area contributed by atoms with E-state index < -0.39 is 5.82 Å². The third-order valence-electron chi connectivity index (χ3n) is 4.39. The highest BCUT2D eigenvalue weighted by molar-refractivity contribution is 6.05. The van der Waals surface area contributed by atoms with Gasteiger partial charge in [0.2, 0.25) is 5.91 Å². The number of methoxy groups -OCH3 is 2. The lowest BCUT2D eigenvalue weighted by atomic mass is 10.2. The molecule has 0 heterocycles. The van der Waals surface area contributed by atoms with Crippen LogP contribution in [0.4, 0.5) is 21.5 Å². The highest BCUT2D eigenvalue weighted by atomic mass is 19.1. The second-order valence-corrected chi connectivity index (χ2v) is 6.48. The molecule has 0 fully saturated rings. The molecule has 0 atom stereocenters. The summed E-state index contributed by atoms with van der Waals surface area (Å²) in [5.41, 5.74) is 1.97. The lowest BCUT2D eigenvalue weighted by Gasteiger charge is -2.11. The van der Waals surface area contributed by atoms with Crippen LogP contribution >= 0.6 is 0 Å². The number of carbonyl (C=O) groups is 2. The Morgan fingerprint density at radius 2 is 1.52 bits per heavy atom. The molecule has 3 N–H and O–H groups in total. The molecule has 0 saturated heterocycles. The summed E-state index contributed by atoms with van der Waals surface area (Å²) >= 11 is 0. The van der Waals surface area contributed by atoms with Crippen LogP contribution in [-0.2, 0) is 4.79 Å². The Hall–Kier alpha value is -4.07. The number of rotatable bonds is 8. The summed E-state index contributed by atoms with van der Waals surface area (Å²) in [7, 11) is 2.91. The predicted octanol–water partition coefficient (Wildman–Crippen LogP) is 4.15. The molecule has 3 aromatic rings. The Morgan fingerprint density at radius 1 is 0.839 bits per heavy atom. The smallest absolute Gasteiger partial charge is 0.255 e. The van der Waals surface area contributed by atoms with E-state index in [1.807, 2.05) is 6.07 Å². The number of nitrogens with one attached hydrogen (secondary N) is 3. The van der Waals surface area contributed by atoms with Crippen LogP contribution in [0.2, 0.25) is 0 Å². The van der Waals surface area contributed by atoms with E-state index in [1.54, 1.807) is 48.5 Å². The van der Waals surface area contributed by atoms with Crippen molar-refractivity contribution in [3.8, 4) is 11.5 Å². The maximum absolute atomic E-state index is 13.7. The Kier molecular flexibility index (Phi) is 7.05. The molecule has 0 saturated carbocycles. The van der Waals surface area contributed by atoms with Gasteiger partial charge in [0.25, 0.3) is 5.91 Å². The average Bonchev–Trinajstić information content (AvgIpc) is 2.78. The van der Waals surface area contributed by atoms with Gasteiger partial charge in [0.15, 0.2) is 11.6 Å². The monoisotopic (exact) mass is 423 g/mol. The van der Waals surface area contributed by atoms with Gasteiger partial charge in [0, 0.05) is 23.0 Å². The summed E-state index contributed by atoms with van der Waals surface area (Å²) in [6, 6.07) is 17.9. The minimum Gasteiger partial charge on any atom is -0.495 e. The highest BCUT2D eigenvalue weighted by Crippen LogP contribution is 2.24. The minimum atomic E-state index is -0.519. The fourth-order valence-electron chi connectivity index (χ4n) is 2.81. The van der Waals surface area contributed by atoms with Crippen LogP contribution in [0.1, 0.15) is 10.4 Å². The molecule has 0 spiro atoms. The van der Waals surface area contributed by atoms with Crippen LogP contribution in [0.25, 0.3) is 0 Å². The Labute approximate surface area is 179 Å². The first-order chi connectivity index (χ1) is 15.0. The number of para-hydroxylation sites is 2. The summed E-state index contributed by atoms with van der Waals surface area (Å²) in [6.45, 7) is -0.0538. The lowest BCUT2D eigenvalue weighted by molar-refractivity contribution is -0.114. The van der Waals surface area contributed by atoms with E-state index in [2.05, 4.69) is 16.0 Å². The van der Waals surface area contributed by atoms with Crippen LogP contribution in [0.15, 0.2) is 66.7 Å². The summed E-state index contributed by atoms with van der Waals surface area (Å²) in [5.74, 6) is -0.447. The van der Waals surface area contributed by atoms with E-state index >= 15 is 0 Å². The number of hydrogen-bond donors (Lipinski definition) is 3. The Morgan fingerprint density at radius 3 is 2.19 bits per heavy atom. The van der Waals surface area contributed by atoms with Gasteiger partial charge in [-0.3, -0.25) is 9.59 Å². The van der Waals surface area contributed by atoms with Crippen molar-refractivity contribution in [1.29, 1.82) is 0 Å². The number of amides is 2. The molecule has 3 rings (SSSR count). The molecule has 2 amide bonds. The van der Waals surface area contributed by atoms with Crippen molar-refractivity contribution in [3.63, 3.8) is 0 Å². The third-order valence-corrected chi connectivity index (χ3v) is 4.39. The van der Waals surface area contributed by atoms with Gasteiger partial charge < -0.3 is 25.4 Å². The number of ether oxygens (including phenoxy) is 2. The minimum absolute atomic E-state index is 0.0538. The average molecular weight is 423 g/mol. The maximum Gasteiger partial charge on any atom is 0.255 e. The van der Waals surface area contributed by atoms with Crippen LogP contribution in [0.3, 0.4) is 0 Å². The van der Waals surface area contributed by atoms with E-state index in [-0.39, 0.29) is 24.1 Å². The number of anilines is 3. The molecule has 0 aliphatic carbocycles. The molecule has 0 radical (unpaired) electrons. The Balaban J connectivity index is 1.54. The fourth-order valence-corrected chi connectivity index (χ4v) is 2.81. The molecule has 0 unspecified atom stereocenters. The molecule has 0 aliphatic heterocycles. The normalized spacial score (nSPS) is 10.2. The number of carbonyl (C=O) groups excluding carboxylic acids is 2. The van der Waals surface area contributed by atoms with Crippen LogP contribution in [0, 0.1) is 5.82 Å². The first kappa shape index (κ1) is 21.6. The second kappa shape index (κ2) is 10.1. The van der Waals surface area contributed by atoms with Gasteiger partial charge in [-0.1, -0.05) is 12.1 Å². The molecule has 7 nitrogen and oxygen atoms in total. The highest BCUT2D eigenvalue weighted by Gasteiger charge is 2.10. The zero-order chi connectivity index (χ0) is 22.2. The van der Waals surface area contributed by atoms with Gasteiger partial charge in [-0.15, -0.1) is 0 Å². The molecular weight excluding hydrogens is 401 g/mol. The van der Waals surface area contributed by atoms with E-state index in [0.29, 0.717) is 28.4 Å². The van der Waals surface area contributed by atoms with Crippen molar-refractivity contribution in [2.75, 3.05) is 36.7 Å². The quantitative estimate of drug-likeness (QED) is 0.507. The van der Waals surface area contributed by atoms with Crippen molar-refractivity contribution in [2.45, 2.75) is 0 Å². The Bertz CT molecular complexity index is 1070. The number of benzene rings is 3. The van der Waals surface area contributed by atoms with Crippen molar-refractivity contribution in [3.05, 3.63) is 78.1 Å². The topological polar surface area (TPSA) is 88.7 Å². The van der Waals surface area contributed by atoms with Crippen LogP contribution < -0.4 is 25.4 Å². The summed E-state index contributed by atoms with van der Waals surface area (Å²) in [6.07, 6.45) is 0. The van der Waals surface area contributed by atoms with E-state index in [1.165, 1.54) is 26.4 Å². The summed E-state index contributed by atoms with van der Waals surface area (Å²) < 4.78 is 23.8. The number of hydrogen-bond acceptors (Lipinski definition) is 5. The molecule has 160 valence electrons. The largest absolute Gasteiger partial charge is 0.495 e. The zero-order valence-corrected chi connectivity index (χ0v) is 17.1. The first-order valence-corrected chi connectivity index (χ1v) is 9.42. The summed E-state index contributed by atoms with van der Waals surface area (Å²) in [4.78, 5) is 24.6. The first-order valence-electron chi connectivity index (χ1n) is 9.42. The predicted molar refractivity (Wildman–Crippen MR) is 117 cm³/mol. The maximum atomic E-state index is 13.7. The fraction of sp³-hybridized carbons (Fsp3) is 0.130. The SMILES string of the molecule is COc1ccc(NCC(=O)Nc2ccc(C(=O)Nc3ccccc3OC)cc2)cc1F. The van der Waals surface area contributed by atoms with Crippen LogP contribution in [0.5, 0.6) is 11.5 Å². The van der Waals surface area contributed by atoms with Gasteiger partial charge in [0.05, 0.1) is 26.5 Å². The molecule has 0 aliphatic rings. The molecule has 3 aromatic carbocycles. The molecule has 0 bridgehead atoms. The van der Waals surface area contributed by atoms with Gasteiger partial charge in [-0.2, -0.15) is 0 Å². The van der Waals surface area contributed by atoms with Gasteiger partial charge in [-0.25, -0.2) is 4.39 Å². The van der Waals surface area contributed by atoms with Crippen molar-refractivity contribution in [2.24, 2.45) is 0 Å². The summed E-state index contributed by atoms with van der Waals surface area (Å²) in [5, 5.41) is 8.34. The lowest BCUT2D eigenvalue weighted by Crippen LogP contribution is -2.21. The van der Waals surface area contributed by atoms with E-state index in [0.717, 1.165) is 0 Å². The molecule has 8 heteroatoms. The zero-order valence-electron chi connectivity index (χ0n) is 17.1. The van der Waals surface area contributed by atoms with E-state index in [9.17, 15) is 14.0 Å². The van der Waals surface area contributed by atoms with Crippen molar-refractivity contribution in [1.82, 2.24) is 0 Å². The third kappa shape index (κ3) is 5.72. The molecule has 0 aromatic heterocycles. The van der Waals surface area contributed by atoms with E-state index in [4.69, 9.17) is 9.47 Å². The molecular formula is C23H22FN3O4. The van der Waals surface area contributed by atoms with Crippen molar-refractivity contribution >= 4 is 28.9 Å². The second-order valence-electron chi connectivity index (χ2n) is 6.48. The van der Waals surface area contributed by atoms with Gasteiger partial charge >= 0.3 is 0 Å². The van der Waals surface area contributed by atoms with Crippen molar-refractivity contribution < 1.29 is 23.5 Å². The van der Waals surface area contributed by atoms with Gasteiger partial charge in [-0.05, 0) is 48.5 Å². The molecule has 31 heavy (non-hydrogen) atoms. The standard InChI is InChI=1S/C23H22FN3O4/c1-30-20-12-11-17(13-18(20)24)25-14-22(28)26-16-9-7-15(8-10-16)23(29)27-19-5-3-4-6-21(19)31-2/h3-13,25H,14H2,1-2H3,(H,26,28)(H,27,29). The van der Waals surface area contributed by atoms with Crippen LogP contribution in [-0.4, -0.2) is 32.6 Å².